The van der Waals surface area contributed by atoms with Crippen LogP contribution < -0.4 is 11.1 Å². The molecule has 6 rings (SSSR count). The number of nitrogens with two attached hydrogens (primary N) is 1. The van der Waals surface area contributed by atoms with Crippen LogP contribution >= 0.6 is 0 Å². The highest BCUT2D eigenvalue weighted by atomic mass is 16.3. The number of nitrogens with one attached hydrogen (secondary N) is 1. The largest absolute Gasteiger partial charge is 0.382 e. The number of carbonyl (C=O) groups is 1. The SMILES string of the molecule is CC#CC(O)N1CC2CCC1(c1nc(-c3ccc(C(=O)Nc4ccccn4)cc3)c3c(N)nccn13)C2. The van der Waals surface area contributed by atoms with E-state index >= 15 is 0 Å². The number of pyridine rings is 1. The highest BCUT2D eigenvalue weighted by molar-refractivity contribution is 6.04. The topological polar surface area (TPSA) is 122 Å². The zero-order valence-corrected chi connectivity index (χ0v) is 20.4. The van der Waals surface area contributed by atoms with Crippen molar-refractivity contribution in [1.82, 2.24) is 24.3 Å². The minimum atomic E-state index is -0.859. The molecule has 2 aliphatic rings. The van der Waals surface area contributed by atoms with Gasteiger partial charge in [-0.15, -0.1) is 5.92 Å². The summed E-state index contributed by atoms with van der Waals surface area (Å²) in [4.78, 5) is 28.4. The molecule has 2 bridgehead atoms. The van der Waals surface area contributed by atoms with Crippen molar-refractivity contribution in [2.24, 2.45) is 5.92 Å². The number of aromatic nitrogens is 4. The summed E-state index contributed by atoms with van der Waals surface area (Å²) in [5.41, 5.74) is 8.67. The summed E-state index contributed by atoms with van der Waals surface area (Å²) < 4.78 is 2.01. The normalized spacial score (nSPS) is 21.5. The Morgan fingerprint density at radius 2 is 2.05 bits per heavy atom. The van der Waals surface area contributed by atoms with Gasteiger partial charge in [0.2, 0.25) is 0 Å². The summed E-state index contributed by atoms with van der Waals surface area (Å²) in [5.74, 6) is 7.70. The Morgan fingerprint density at radius 3 is 2.78 bits per heavy atom. The Balaban J connectivity index is 1.40. The van der Waals surface area contributed by atoms with Crippen LogP contribution in [0.3, 0.4) is 0 Å². The molecule has 1 aliphatic carbocycles. The fourth-order valence-corrected chi connectivity index (χ4v) is 5.86. The number of aliphatic hydroxyl groups is 1. The Morgan fingerprint density at radius 1 is 1.22 bits per heavy atom. The van der Waals surface area contributed by atoms with Gasteiger partial charge in [0.05, 0.1) is 5.54 Å². The van der Waals surface area contributed by atoms with Gasteiger partial charge in [-0.3, -0.25) is 14.1 Å². The zero-order chi connectivity index (χ0) is 25.6. The molecule has 4 heterocycles. The van der Waals surface area contributed by atoms with Gasteiger partial charge in [0, 0.05) is 36.3 Å². The Labute approximate surface area is 214 Å². The minimum absolute atomic E-state index is 0.245. The van der Waals surface area contributed by atoms with Crippen LogP contribution in [-0.4, -0.2) is 48.0 Å². The van der Waals surface area contributed by atoms with Crippen molar-refractivity contribution in [3.63, 3.8) is 0 Å². The van der Waals surface area contributed by atoms with Crippen LogP contribution in [0.1, 0.15) is 42.4 Å². The molecule has 2 fully saturated rings. The fourth-order valence-electron chi connectivity index (χ4n) is 5.86. The third-order valence-corrected chi connectivity index (χ3v) is 7.49. The molecular formula is C28H27N7O2. The molecule has 1 saturated heterocycles. The molecule has 1 amide bonds. The van der Waals surface area contributed by atoms with Crippen molar-refractivity contribution in [2.75, 3.05) is 17.6 Å². The third-order valence-electron chi connectivity index (χ3n) is 7.49. The van der Waals surface area contributed by atoms with Crippen molar-refractivity contribution in [3.8, 4) is 23.1 Å². The molecule has 4 aromatic rings. The van der Waals surface area contributed by atoms with Crippen LogP contribution in [0.5, 0.6) is 0 Å². The molecule has 1 aromatic carbocycles. The predicted molar refractivity (Wildman–Crippen MR) is 140 cm³/mol. The Hall–Kier alpha value is -4.26. The summed E-state index contributed by atoms with van der Waals surface area (Å²) in [6.45, 7) is 2.51. The molecule has 0 radical (unpaired) electrons. The van der Waals surface area contributed by atoms with Gasteiger partial charge in [-0.1, -0.05) is 24.1 Å². The number of likely N-dealkylation sites (tertiary alicyclic amines) is 1. The standard InChI is InChI=1S/C28H27N7O2/c1-2-5-22(36)35-17-18-11-12-28(35,16-18)27-33-23(24-25(29)31-14-15-34(24)27)19-7-9-20(10-8-19)26(37)32-21-6-3-4-13-30-21/h3-4,6-10,13-15,18,22,36H,11-12,16-17H2,1H3,(H2,29,31)(H,30,32,37). The summed E-state index contributed by atoms with van der Waals surface area (Å²) in [7, 11) is 0. The molecule has 186 valence electrons. The van der Waals surface area contributed by atoms with Crippen molar-refractivity contribution in [3.05, 3.63) is 72.4 Å². The maximum atomic E-state index is 12.7. The molecule has 1 saturated carbocycles. The number of piperidine rings is 1. The van der Waals surface area contributed by atoms with Gasteiger partial charge in [-0.05, 0) is 56.4 Å². The number of carbonyl (C=O) groups excluding carboxylic acids is 1. The number of fused-ring (bicyclic) bond motifs is 3. The zero-order valence-electron chi connectivity index (χ0n) is 20.4. The number of aliphatic hydroxyl groups excluding tert-OH is 1. The number of imidazole rings is 1. The van der Waals surface area contributed by atoms with E-state index in [1.54, 1.807) is 43.6 Å². The predicted octanol–water partition coefficient (Wildman–Crippen LogP) is 3.28. The monoisotopic (exact) mass is 493 g/mol. The molecule has 3 aromatic heterocycles. The lowest BCUT2D eigenvalue weighted by atomic mass is 9.95. The molecular weight excluding hydrogens is 466 g/mol. The first-order valence-corrected chi connectivity index (χ1v) is 12.3. The smallest absolute Gasteiger partial charge is 0.256 e. The number of rotatable bonds is 5. The number of anilines is 2. The van der Waals surface area contributed by atoms with E-state index in [0.717, 1.165) is 37.2 Å². The van der Waals surface area contributed by atoms with Gasteiger partial charge in [-0.2, -0.15) is 0 Å². The van der Waals surface area contributed by atoms with E-state index in [1.165, 1.54) is 0 Å². The van der Waals surface area contributed by atoms with Crippen LogP contribution in [0.25, 0.3) is 16.8 Å². The van der Waals surface area contributed by atoms with Crippen LogP contribution in [0.4, 0.5) is 11.6 Å². The summed E-state index contributed by atoms with van der Waals surface area (Å²) >= 11 is 0. The van der Waals surface area contributed by atoms with E-state index in [4.69, 9.17) is 10.7 Å². The van der Waals surface area contributed by atoms with E-state index in [9.17, 15) is 9.90 Å². The second-order valence-corrected chi connectivity index (χ2v) is 9.62. The molecule has 9 heteroatoms. The van der Waals surface area contributed by atoms with Crippen LogP contribution in [0, 0.1) is 17.8 Å². The number of nitrogens with zero attached hydrogens (tertiary/aromatic N) is 5. The van der Waals surface area contributed by atoms with Gasteiger partial charge in [0.25, 0.3) is 5.91 Å². The number of amides is 1. The van der Waals surface area contributed by atoms with Crippen molar-refractivity contribution in [2.45, 2.75) is 38.0 Å². The number of hydrogen-bond donors (Lipinski definition) is 3. The maximum Gasteiger partial charge on any atom is 0.256 e. The highest BCUT2D eigenvalue weighted by Gasteiger charge is 2.56. The molecule has 0 spiro atoms. The molecule has 9 nitrogen and oxygen atoms in total. The van der Waals surface area contributed by atoms with Gasteiger partial charge >= 0.3 is 0 Å². The van der Waals surface area contributed by atoms with Gasteiger partial charge in [-0.25, -0.2) is 15.0 Å². The lowest BCUT2D eigenvalue weighted by molar-refractivity contribution is -0.0277. The fraction of sp³-hybridized carbons (Fsp3) is 0.286. The van der Waals surface area contributed by atoms with Crippen molar-refractivity contribution in [1.29, 1.82) is 0 Å². The Kier molecular flexibility index (Phi) is 5.63. The van der Waals surface area contributed by atoms with Crippen LogP contribution in [0.15, 0.2) is 61.1 Å². The van der Waals surface area contributed by atoms with Gasteiger partial charge < -0.3 is 16.2 Å². The quantitative estimate of drug-likeness (QED) is 0.365. The third kappa shape index (κ3) is 3.82. The van der Waals surface area contributed by atoms with Gasteiger partial charge in [0.15, 0.2) is 6.23 Å². The van der Waals surface area contributed by atoms with E-state index in [2.05, 4.69) is 32.0 Å². The first-order valence-electron chi connectivity index (χ1n) is 12.3. The molecule has 37 heavy (non-hydrogen) atoms. The van der Waals surface area contributed by atoms with Crippen molar-refractivity contribution < 1.29 is 9.90 Å². The number of nitrogen functional groups attached to an aromatic ring is 1. The average Bonchev–Trinajstić information content (AvgIpc) is 3.62. The van der Waals surface area contributed by atoms with E-state index in [1.807, 2.05) is 28.8 Å². The molecule has 3 atom stereocenters. The number of benzene rings is 1. The van der Waals surface area contributed by atoms with E-state index in [-0.39, 0.29) is 5.91 Å². The van der Waals surface area contributed by atoms with Gasteiger partial charge in [0.1, 0.15) is 28.7 Å². The lowest BCUT2D eigenvalue weighted by Gasteiger charge is -2.39. The lowest BCUT2D eigenvalue weighted by Crippen LogP contribution is -2.49. The summed E-state index contributed by atoms with van der Waals surface area (Å²) in [6.07, 6.45) is 7.19. The van der Waals surface area contributed by atoms with Crippen LogP contribution in [0.2, 0.25) is 0 Å². The Bertz CT molecular complexity index is 1540. The van der Waals surface area contributed by atoms with E-state index < -0.39 is 11.8 Å². The van der Waals surface area contributed by atoms with Crippen LogP contribution in [-0.2, 0) is 5.54 Å². The second-order valence-electron chi connectivity index (χ2n) is 9.62. The molecule has 1 aliphatic heterocycles. The highest BCUT2D eigenvalue weighted by Crippen LogP contribution is 2.53. The minimum Gasteiger partial charge on any atom is -0.382 e. The second kappa shape index (κ2) is 9.00. The summed E-state index contributed by atoms with van der Waals surface area (Å²) in [5, 5.41) is 13.7. The maximum absolute atomic E-state index is 12.7. The first kappa shape index (κ1) is 23.2. The first-order chi connectivity index (χ1) is 18.0. The molecule has 3 unspecified atom stereocenters. The van der Waals surface area contributed by atoms with E-state index in [0.29, 0.717) is 34.3 Å². The molecule has 4 N–H and O–H groups in total. The summed E-state index contributed by atoms with van der Waals surface area (Å²) in [6, 6.07) is 12.6. The number of hydrogen-bond acceptors (Lipinski definition) is 7. The van der Waals surface area contributed by atoms with Crippen molar-refractivity contribution >= 4 is 23.1 Å². The average molecular weight is 494 g/mol.